The normalized spacial score (nSPS) is 9.08. The van der Waals surface area contributed by atoms with E-state index in [1.807, 2.05) is 6.92 Å². The number of rotatable bonds is 4. The fourth-order valence-electron chi connectivity index (χ4n) is 0.626. The van der Waals surface area contributed by atoms with Crippen LogP contribution in [0.5, 0.6) is 0 Å². The van der Waals surface area contributed by atoms with Crippen molar-refractivity contribution >= 4 is 11.6 Å². The highest BCUT2D eigenvalue weighted by molar-refractivity contribution is 5.77. The molecule has 0 aliphatic heterocycles. The van der Waals surface area contributed by atoms with Crippen LogP contribution in [0.15, 0.2) is 0 Å². The number of carbonyl (C=O) groups excluding carboxylic acids is 2. The Morgan fingerprint density at radius 3 is 1.77 bits per heavy atom. The van der Waals surface area contributed by atoms with E-state index in [1.54, 1.807) is 0 Å². The standard InChI is InChI=1S/C8H16O.C3H6O/c1-4-8(9)6-5-7(2)3;1-3(2)4/h7H,4-6H2,1-3H3;1-2H3. The molecule has 78 valence electrons. The predicted octanol–water partition coefficient (Wildman–Crippen LogP) is 3.00. The van der Waals surface area contributed by atoms with Gasteiger partial charge in [0.05, 0.1) is 0 Å². The van der Waals surface area contributed by atoms with E-state index in [2.05, 4.69) is 13.8 Å². The summed E-state index contributed by atoms with van der Waals surface area (Å²) in [7, 11) is 0. The van der Waals surface area contributed by atoms with E-state index >= 15 is 0 Å². The molecule has 0 rings (SSSR count). The second-order valence-electron chi connectivity index (χ2n) is 3.73. The second-order valence-corrected chi connectivity index (χ2v) is 3.73. The lowest BCUT2D eigenvalue weighted by atomic mass is 10.1. The molecule has 0 atom stereocenters. The van der Waals surface area contributed by atoms with Gasteiger partial charge in [-0.05, 0) is 26.2 Å². The van der Waals surface area contributed by atoms with E-state index in [0.717, 1.165) is 12.8 Å². The Kier molecular flexibility index (Phi) is 10.8. The summed E-state index contributed by atoms with van der Waals surface area (Å²) >= 11 is 0. The van der Waals surface area contributed by atoms with Crippen molar-refractivity contribution in [2.75, 3.05) is 0 Å². The summed E-state index contributed by atoms with van der Waals surface area (Å²) in [5.41, 5.74) is 0. The summed E-state index contributed by atoms with van der Waals surface area (Å²) < 4.78 is 0. The Morgan fingerprint density at radius 1 is 1.15 bits per heavy atom. The summed E-state index contributed by atoms with van der Waals surface area (Å²) in [6.07, 6.45) is 2.52. The zero-order valence-electron chi connectivity index (χ0n) is 9.52. The molecule has 0 fully saturated rings. The van der Waals surface area contributed by atoms with E-state index in [9.17, 15) is 9.59 Å². The van der Waals surface area contributed by atoms with Crippen molar-refractivity contribution in [2.24, 2.45) is 5.92 Å². The summed E-state index contributed by atoms with van der Waals surface area (Å²) in [5, 5.41) is 0. The molecule has 2 heteroatoms. The van der Waals surface area contributed by atoms with E-state index < -0.39 is 0 Å². The van der Waals surface area contributed by atoms with Gasteiger partial charge in [-0.1, -0.05) is 20.8 Å². The first-order valence-corrected chi connectivity index (χ1v) is 4.89. The zero-order chi connectivity index (χ0) is 10.9. The van der Waals surface area contributed by atoms with Gasteiger partial charge in [0.25, 0.3) is 0 Å². The highest BCUT2D eigenvalue weighted by atomic mass is 16.1. The van der Waals surface area contributed by atoms with Crippen molar-refractivity contribution < 1.29 is 9.59 Å². The van der Waals surface area contributed by atoms with Gasteiger partial charge in [0.1, 0.15) is 11.6 Å². The summed E-state index contributed by atoms with van der Waals surface area (Å²) in [6.45, 7) is 9.26. The van der Waals surface area contributed by atoms with Crippen molar-refractivity contribution in [2.45, 2.75) is 53.9 Å². The third kappa shape index (κ3) is 24.6. The molecule has 0 bridgehead atoms. The average molecular weight is 186 g/mol. The van der Waals surface area contributed by atoms with Gasteiger partial charge in [-0.3, -0.25) is 4.79 Å². The largest absolute Gasteiger partial charge is 0.300 e. The van der Waals surface area contributed by atoms with Crippen LogP contribution in [0.2, 0.25) is 0 Å². The fourth-order valence-corrected chi connectivity index (χ4v) is 0.626. The number of hydrogen-bond acceptors (Lipinski definition) is 2. The molecule has 0 heterocycles. The van der Waals surface area contributed by atoms with Crippen molar-refractivity contribution in [1.82, 2.24) is 0 Å². The van der Waals surface area contributed by atoms with Crippen LogP contribution in [0.4, 0.5) is 0 Å². The van der Waals surface area contributed by atoms with Gasteiger partial charge < -0.3 is 4.79 Å². The summed E-state index contributed by atoms with van der Waals surface area (Å²) in [5.74, 6) is 1.23. The van der Waals surface area contributed by atoms with Crippen molar-refractivity contribution in [3.05, 3.63) is 0 Å². The lowest BCUT2D eigenvalue weighted by Crippen LogP contribution is -1.97. The maximum atomic E-state index is 10.7. The van der Waals surface area contributed by atoms with Gasteiger partial charge in [0.2, 0.25) is 0 Å². The van der Waals surface area contributed by atoms with Gasteiger partial charge in [0.15, 0.2) is 0 Å². The minimum atomic E-state index is 0.167. The maximum absolute atomic E-state index is 10.7. The smallest absolute Gasteiger partial charge is 0.132 e. The van der Waals surface area contributed by atoms with E-state index in [1.165, 1.54) is 13.8 Å². The Balaban J connectivity index is 0. The molecule has 0 amide bonds. The third-order valence-electron chi connectivity index (χ3n) is 1.39. The van der Waals surface area contributed by atoms with Gasteiger partial charge in [-0.25, -0.2) is 0 Å². The Morgan fingerprint density at radius 2 is 1.54 bits per heavy atom. The topological polar surface area (TPSA) is 34.1 Å². The van der Waals surface area contributed by atoms with Gasteiger partial charge in [-0.15, -0.1) is 0 Å². The quantitative estimate of drug-likeness (QED) is 0.676. The monoisotopic (exact) mass is 186 g/mol. The highest BCUT2D eigenvalue weighted by Crippen LogP contribution is 2.04. The van der Waals surface area contributed by atoms with Crippen LogP contribution >= 0.6 is 0 Å². The summed E-state index contributed by atoms with van der Waals surface area (Å²) in [6, 6.07) is 0. The Hall–Kier alpha value is -0.660. The molecule has 2 nitrogen and oxygen atoms in total. The number of hydrogen-bond donors (Lipinski definition) is 0. The fraction of sp³-hybridized carbons (Fsp3) is 0.818. The molecule has 0 aliphatic rings. The molecule has 0 aromatic heterocycles. The van der Waals surface area contributed by atoms with Crippen LogP contribution in [0.1, 0.15) is 53.9 Å². The van der Waals surface area contributed by atoms with Crippen molar-refractivity contribution in [3.63, 3.8) is 0 Å². The lowest BCUT2D eigenvalue weighted by molar-refractivity contribution is -0.119. The first-order valence-electron chi connectivity index (χ1n) is 4.89. The van der Waals surface area contributed by atoms with E-state index in [0.29, 0.717) is 18.1 Å². The molecule has 13 heavy (non-hydrogen) atoms. The van der Waals surface area contributed by atoms with Crippen LogP contribution in [0.3, 0.4) is 0 Å². The van der Waals surface area contributed by atoms with Gasteiger partial charge >= 0.3 is 0 Å². The van der Waals surface area contributed by atoms with Crippen LogP contribution in [-0.2, 0) is 9.59 Å². The van der Waals surface area contributed by atoms with Crippen LogP contribution in [0.25, 0.3) is 0 Å². The molecule has 0 aliphatic carbocycles. The highest BCUT2D eigenvalue weighted by Gasteiger charge is 1.99. The SMILES string of the molecule is CC(C)=O.CCC(=O)CCC(C)C. The van der Waals surface area contributed by atoms with Crippen molar-refractivity contribution in [3.8, 4) is 0 Å². The van der Waals surface area contributed by atoms with Gasteiger partial charge in [0, 0.05) is 12.8 Å². The predicted molar refractivity (Wildman–Crippen MR) is 55.7 cm³/mol. The zero-order valence-corrected chi connectivity index (χ0v) is 9.52. The third-order valence-corrected chi connectivity index (χ3v) is 1.39. The molecule has 0 saturated heterocycles. The Bertz CT molecular complexity index is 144. The van der Waals surface area contributed by atoms with Crippen LogP contribution in [0, 0.1) is 5.92 Å². The Labute approximate surface area is 81.7 Å². The number of ketones is 2. The average Bonchev–Trinajstić information content (AvgIpc) is 1.99. The molecular formula is C11H22O2. The van der Waals surface area contributed by atoms with E-state index in [4.69, 9.17) is 0 Å². The summed E-state index contributed by atoms with van der Waals surface area (Å²) in [4.78, 5) is 20.2. The lowest BCUT2D eigenvalue weighted by Gasteiger charge is -2.00. The minimum Gasteiger partial charge on any atom is -0.300 e. The molecule has 0 aromatic rings. The molecular weight excluding hydrogens is 164 g/mol. The number of carbonyl (C=O) groups is 2. The molecule has 0 spiro atoms. The first kappa shape index (κ1) is 14.8. The molecule has 0 N–H and O–H groups in total. The maximum Gasteiger partial charge on any atom is 0.132 e. The van der Waals surface area contributed by atoms with Crippen LogP contribution in [-0.4, -0.2) is 11.6 Å². The van der Waals surface area contributed by atoms with Gasteiger partial charge in [-0.2, -0.15) is 0 Å². The van der Waals surface area contributed by atoms with E-state index in [-0.39, 0.29) is 5.78 Å². The molecule has 0 aromatic carbocycles. The minimum absolute atomic E-state index is 0.167. The first-order chi connectivity index (χ1) is 5.90. The number of Topliss-reactive ketones (excluding diaryl/α,β-unsaturated/α-hetero) is 2. The van der Waals surface area contributed by atoms with Crippen molar-refractivity contribution in [1.29, 1.82) is 0 Å². The molecule has 0 radical (unpaired) electrons. The molecule has 0 saturated carbocycles. The molecule has 0 unspecified atom stereocenters. The van der Waals surface area contributed by atoms with Crippen LogP contribution < -0.4 is 0 Å². The second kappa shape index (κ2) is 9.43.